The number of carbonyl (C=O) groups is 2. The van der Waals surface area contributed by atoms with Gasteiger partial charge in [0.15, 0.2) is 5.11 Å². The van der Waals surface area contributed by atoms with Crippen molar-refractivity contribution in [3.05, 3.63) is 64.7 Å². The molecule has 6 rings (SSSR count). The minimum Gasteiger partial charge on any atom is -0.443 e. The molecular formula is C28H29F2N5O3S. The van der Waals surface area contributed by atoms with Crippen LogP contribution in [0.3, 0.4) is 0 Å². The van der Waals surface area contributed by atoms with Crippen LogP contribution in [0.1, 0.15) is 62.8 Å². The number of benzene rings is 2. The summed E-state index contributed by atoms with van der Waals surface area (Å²) in [6.07, 6.45) is 1.51. The van der Waals surface area contributed by atoms with Crippen molar-refractivity contribution in [2.24, 2.45) is 5.10 Å². The Hall–Kier alpha value is -3.60. The Labute approximate surface area is 230 Å². The molecular weight excluding hydrogens is 524 g/mol. The molecule has 1 saturated heterocycles. The van der Waals surface area contributed by atoms with E-state index in [2.05, 4.69) is 10.5 Å². The lowest BCUT2D eigenvalue weighted by Gasteiger charge is -2.47. The predicted octanol–water partition coefficient (Wildman–Crippen LogP) is 4.62. The fraction of sp³-hybridized carbons (Fsp3) is 0.429. The van der Waals surface area contributed by atoms with E-state index in [9.17, 15) is 18.4 Å². The molecule has 3 heterocycles. The first kappa shape index (κ1) is 25.7. The highest BCUT2D eigenvalue weighted by molar-refractivity contribution is 7.80. The minimum atomic E-state index is -0.938. The molecule has 1 saturated carbocycles. The van der Waals surface area contributed by atoms with Gasteiger partial charge in [0.1, 0.15) is 28.8 Å². The van der Waals surface area contributed by atoms with Crippen molar-refractivity contribution in [2.45, 2.75) is 69.8 Å². The highest BCUT2D eigenvalue weighted by Gasteiger charge is 2.62. The summed E-state index contributed by atoms with van der Waals surface area (Å²) >= 11 is 5.86. The molecule has 204 valence electrons. The average Bonchev–Trinajstić information content (AvgIpc) is 3.03. The Morgan fingerprint density at radius 2 is 1.82 bits per heavy atom. The van der Waals surface area contributed by atoms with Crippen LogP contribution < -0.4 is 10.3 Å². The quantitative estimate of drug-likeness (QED) is 0.547. The molecule has 11 heteroatoms. The standard InChI is InChI=1S/C28H29F2N5O3S/c1-27(2,3)38-26(37)34-19-13-18(30)12-16-14-31-32-21(20(16)19)23(22(34)15-6-8-17(29)9-7-15)35-24(36)28(10-5-11-28)33(4)25(35)39/h6-9,12-13,22-23,31H,5,10-11,14H2,1-4H3. The van der Waals surface area contributed by atoms with Gasteiger partial charge in [-0.3, -0.25) is 14.6 Å². The largest absolute Gasteiger partial charge is 0.443 e. The summed E-state index contributed by atoms with van der Waals surface area (Å²) < 4.78 is 34.9. The number of ether oxygens (including phenoxy) is 1. The molecule has 0 aromatic heterocycles. The summed E-state index contributed by atoms with van der Waals surface area (Å²) in [5.74, 6) is -1.15. The van der Waals surface area contributed by atoms with Crippen LogP contribution in [0.4, 0.5) is 19.3 Å². The molecule has 1 spiro atoms. The number of amides is 2. The fourth-order valence-electron chi connectivity index (χ4n) is 6.08. The Balaban J connectivity index is 1.62. The number of hydrogen-bond acceptors (Lipinski definition) is 6. The zero-order valence-electron chi connectivity index (χ0n) is 22.1. The Kier molecular flexibility index (Phi) is 5.73. The third kappa shape index (κ3) is 3.81. The van der Waals surface area contributed by atoms with Gasteiger partial charge in [0.25, 0.3) is 5.91 Å². The predicted molar refractivity (Wildman–Crippen MR) is 145 cm³/mol. The normalized spacial score (nSPS) is 23.3. The number of likely N-dealkylation sites (N-methyl/N-ethyl adjacent to an activating group) is 1. The van der Waals surface area contributed by atoms with Crippen molar-refractivity contribution >= 4 is 40.7 Å². The zero-order valence-corrected chi connectivity index (χ0v) is 22.9. The van der Waals surface area contributed by atoms with Crippen molar-refractivity contribution in [1.29, 1.82) is 0 Å². The average molecular weight is 554 g/mol. The lowest BCUT2D eigenvalue weighted by atomic mass is 9.75. The van der Waals surface area contributed by atoms with E-state index in [0.29, 0.717) is 40.4 Å². The fourth-order valence-corrected chi connectivity index (χ4v) is 6.45. The number of rotatable bonds is 2. The van der Waals surface area contributed by atoms with E-state index in [-0.39, 0.29) is 18.1 Å². The number of thiocarbonyl (C=S) groups is 1. The molecule has 2 amide bonds. The number of carbonyl (C=O) groups excluding carboxylic acids is 2. The lowest BCUT2D eigenvalue weighted by Crippen LogP contribution is -2.60. The lowest BCUT2D eigenvalue weighted by molar-refractivity contribution is -0.137. The Morgan fingerprint density at radius 3 is 2.41 bits per heavy atom. The third-order valence-corrected chi connectivity index (χ3v) is 8.49. The molecule has 0 bridgehead atoms. The van der Waals surface area contributed by atoms with Gasteiger partial charge in [-0.1, -0.05) is 12.1 Å². The van der Waals surface area contributed by atoms with Crippen LogP contribution in [0, 0.1) is 11.6 Å². The van der Waals surface area contributed by atoms with Gasteiger partial charge in [-0.2, -0.15) is 5.10 Å². The van der Waals surface area contributed by atoms with Crippen molar-refractivity contribution in [3.63, 3.8) is 0 Å². The van der Waals surface area contributed by atoms with Crippen LogP contribution in [-0.2, 0) is 16.1 Å². The molecule has 8 nitrogen and oxygen atoms in total. The summed E-state index contributed by atoms with van der Waals surface area (Å²) in [4.78, 5) is 32.9. The Bertz CT molecular complexity index is 1430. The Morgan fingerprint density at radius 1 is 1.13 bits per heavy atom. The molecule has 1 aliphatic carbocycles. The van der Waals surface area contributed by atoms with Gasteiger partial charge in [-0.15, -0.1) is 0 Å². The molecule has 2 atom stereocenters. The second-order valence-corrected chi connectivity index (χ2v) is 11.8. The molecule has 2 aromatic carbocycles. The second kappa shape index (κ2) is 8.70. The van der Waals surface area contributed by atoms with Crippen LogP contribution in [0.25, 0.3) is 0 Å². The summed E-state index contributed by atoms with van der Waals surface area (Å²) in [7, 11) is 1.82. The molecule has 39 heavy (non-hydrogen) atoms. The van der Waals surface area contributed by atoms with E-state index in [0.717, 1.165) is 6.42 Å². The van der Waals surface area contributed by atoms with Gasteiger partial charge < -0.3 is 15.1 Å². The first-order valence-corrected chi connectivity index (χ1v) is 13.4. The molecule has 1 N–H and O–H groups in total. The summed E-state index contributed by atoms with van der Waals surface area (Å²) in [6.45, 7) is 5.46. The number of hydrogen-bond donors (Lipinski definition) is 1. The van der Waals surface area contributed by atoms with Crippen molar-refractivity contribution in [1.82, 2.24) is 15.2 Å². The smallest absolute Gasteiger partial charge is 0.415 e. The number of nitrogens with zero attached hydrogens (tertiary/aromatic N) is 4. The van der Waals surface area contributed by atoms with Crippen LogP contribution in [0.5, 0.6) is 0 Å². The van der Waals surface area contributed by atoms with E-state index in [1.165, 1.54) is 29.2 Å². The van der Waals surface area contributed by atoms with Gasteiger partial charge in [0, 0.05) is 12.6 Å². The number of hydrazone groups is 1. The number of anilines is 1. The highest BCUT2D eigenvalue weighted by atomic mass is 32.1. The first-order valence-electron chi connectivity index (χ1n) is 13.0. The maximum atomic E-state index is 15.0. The summed E-state index contributed by atoms with van der Waals surface area (Å²) in [5.41, 5.74) is 3.76. The molecule has 2 aromatic rings. The van der Waals surface area contributed by atoms with E-state index in [1.54, 1.807) is 37.8 Å². The highest BCUT2D eigenvalue weighted by Crippen LogP contribution is 2.49. The first-order chi connectivity index (χ1) is 18.4. The molecule has 0 radical (unpaired) electrons. The van der Waals surface area contributed by atoms with E-state index in [4.69, 9.17) is 17.0 Å². The van der Waals surface area contributed by atoms with Crippen LogP contribution >= 0.6 is 12.2 Å². The van der Waals surface area contributed by atoms with Gasteiger partial charge in [-0.05, 0) is 87.6 Å². The maximum absolute atomic E-state index is 15.0. The van der Waals surface area contributed by atoms with Gasteiger partial charge >= 0.3 is 6.09 Å². The molecule has 4 aliphatic rings. The number of nitrogens with one attached hydrogen (secondary N) is 1. The topological polar surface area (TPSA) is 77.5 Å². The summed E-state index contributed by atoms with van der Waals surface area (Å²) in [6, 6.07) is 6.54. The number of halogens is 2. The second-order valence-electron chi connectivity index (χ2n) is 11.5. The monoisotopic (exact) mass is 553 g/mol. The molecule has 3 aliphatic heterocycles. The van der Waals surface area contributed by atoms with E-state index in [1.807, 2.05) is 11.9 Å². The van der Waals surface area contributed by atoms with Crippen molar-refractivity contribution < 1.29 is 23.1 Å². The van der Waals surface area contributed by atoms with Crippen molar-refractivity contribution in [2.75, 3.05) is 11.9 Å². The zero-order chi connectivity index (χ0) is 27.9. The molecule has 2 unspecified atom stereocenters. The van der Waals surface area contributed by atoms with Gasteiger partial charge in [0.2, 0.25) is 0 Å². The van der Waals surface area contributed by atoms with Crippen molar-refractivity contribution in [3.8, 4) is 0 Å². The summed E-state index contributed by atoms with van der Waals surface area (Å²) in [5, 5.41) is 4.94. The molecule has 2 fully saturated rings. The van der Waals surface area contributed by atoms with Gasteiger partial charge in [0.05, 0.1) is 24.0 Å². The SMILES string of the molecule is CN1C(=S)N(C2C3=NNCc4cc(F)cc(c43)N(C(=O)OC(C)(C)C)C2c2ccc(F)cc2)C(=O)C12CCC2. The van der Waals surface area contributed by atoms with Crippen LogP contribution in [-0.4, -0.2) is 56.9 Å². The maximum Gasteiger partial charge on any atom is 0.415 e. The van der Waals surface area contributed by atoms with Crippen LogP contribution in [0.15, 0.2) is 41.5 Å². The van der Waals surface area contributed by atoms with E-state index < -0.39 is 41.0 Å². The minimum absolute atomic E-state index is 0.164. The van der Waals surface area contributed by atoms with E-state index >= 15 is 0 Å². The van der Waals surface area contributed by atoms with Crippen LogP contribution in [0.2, 0.25) is 0 Å². The van der Waals surface area contributed by atoms with Gasteiger partial charge in [-0.25, -0.2) is 13.6 Å². The third-order valence-electron chi connectivity index (χ3n) is 8.02.